The van der Waals surface area contributed by atoms with Gasteiger partial charge in [-0.1, -0.05) is 0 Å². The minimum atomic E-state index is -3.37. The molecule has 21 heavy (non-hydrogen) atoms. The molecule has 0 aromatic carbocycles. The van der Waals surface area contributed by atoms with Crippen molar-refractivity contribution in [2.24, 2.45) is 5.92 Å². The predicted octanol–water partition coefficient (Wildman–Crippen LogP) is -0.497. The van der Waals surface area contributed by atoms with E-state index >= 15 is 0 Å². The number of nitrogens with zero attached hydrogens (tertiary/aromatic N) is 3. The molecule has 0 aliphatic carbocycles. The summed E-state index contributed by atoms with van der Waals surface area (Å²) in [6.07, 6.45) is 4.84. The van der Waals surface area contributed by atoms with Crippen molar-refractivity contribution in [2.75, 3.05) is 33.2 Å². The van der Waals surface area contributed by atoms with Gasteiger partial charge in [0.2, 0.25) is 0 Å². The van der Waals surface area contributed by atoms with E-state index in [1.54, 1.807) is 4.31 Å². The van der Waals surface area contributed by atoms with Crippen molar-refractivity contribution in [3.63, 3.8) is 0 Å². The van der Waals surface area contributed by atoms with E-state index in [0.717, 1.165) is 25.2 Å². The second-order valence-electron chi connectivity index (χ2n) is 5.36. The van der Waals surface area contributed by atoms with Crippen LogP contribution in [-0.4, -0.2) is 61.1 Å². The molecule has 0 amide bonds. The van der Waals surface area contributed by atoms with E-state index < -0.39 is 10.2 Å². The Morgan fingerprint density at radius 3 is 3.10 bits per heavy atom. The van der Waals surface area contributed by atoms with Crippen LogP contribution in [0.3, 0.4) is 0 Å². The highest BCUT2D eigenvalue weighted by atomic mass is 32.2. The Kier molecular flexibility index (Phi) is 6.09. The van der Waals surface area contributed by atoms with Crippen molar-refractivity contribution in [3.05, 3.63) is 12.2 Å². The molecule has 8 nitrogen and oxygen atoms in total. The summed E-state index contributed by atoms with van der Waals surface area (Å²) in [5.74, 6) is 1.18. The molecule has 0 bridgehead atoms. The van der Waals surface area contributed by atoms with E-state index in [4.69, 9.17) is 0 Å². The maximum Gasteiger partial charge on any atom is 0.279 e. The third kappa shape index (κ3) is 5.03. The van der Waals surface area contributed by atoms with Crippen LogP contribution >= 0.6 is 0 Å². The zero-order chi connectivity index (χ0) is 15.1. The number of hydrogen-bond acceptors (Lipinski definition) is 5. The molecule has 1 fully saturated rings. The summed E-state index contributed by atoms with van der Waals surface area (Å²) >= 11 is 0. The lowest BCUT2D eigenvalue weighted by atomic mass is 10.00. The normalized spacial score (nSPS) is 20.7. The molecule has 1 aliphatic rings. The highest BCUT2D eigenvalue weighted by Crippen LogP contribution is 2.17. The second kappa shape index (κ2) is 7.83. The standard InChI is InChI=1S/C12H24N6O2S/c1-13-8-11-4-3-7-18(9-11)21(19,20)16-6-2-5-12-14-10-15-17-12/h10-11,13,16H,2-9H2,1H3,(H,14,15,17). The third-order valence-electron chi connectivity index (χ3n) is 3.65. The van der Waals surface area contributed by atoms with Gasteiger partial charge in [-0.05, 0) is 38.8 Å². The van der Waals surface area contributed by atoms with Crippen molar-refractivity contribution in [3.8, 4) is 0 Å². The lowest BCUT2D eigenvalue weighted by Gasteiger charge is -2.31. The molecule has 2 rings (SSSR count). The number of aryl methyl sites for hydroxylation is 1. The molecule has 0 spiro atoms. The van der Waals surface area contributed by atoms with Crippen molar-refractivity contribution in [1.82, 2.24) is 29.5 Å². The molecule has 1 saturated heterocycles. The topological polar surface area (TPSA) is 103 Å². The van der Waals surface area contributed by atoms with Crippen molar-refractivity contribution in [1.29, 1.82) is 0 Å². The van der Waals surface area contributed by atoms with E-state index in [1.165, 1.54) is 6.33 Å². The molecule has 1 unspecified atom stereocenters. The molecular weight excluding hydrogens is 292 g/mol. The summed E-state index contributed by atoms with van der Waals surface area (Å²) in [6, 6.07) is 0. The Morgan fingerprint density at radius 2 is 2.38 bits per heavy atom. The molecule has 1 aliphatic heterocycles. The van der Waals surface area contributed by atoms with Gasteiger partial charge in [0, 0.05) is 26.1 Å². The molecule has 1 aromatic heterocycles. The van der Waals surface area contributed by atoms with Gasteiger partial charge in [-0.3, -0.25) is 5.10 Å². The largest absolute Gasteiger partial charge is 0.319 e. The van der Waals surface area contributed by atoms with Gasteiger partial charge in [0.05, 0.1) is 0 Å². The highest BCUT2D eigenvalue weighted by molar-refractivity contribution is 7.87. The fourth-order valence-corrected chi connectivity index (χ4v) is 3.96. The Hall–Kier alpha value is -1.03. The van der Waals surface area contributed by atoms with Gasteiger partial charge < -0.3 is 5.32 Å². The molecule has 1 aromatic rings. The van der Waals surface area contributed by atoms with Crippen LogP contribution in [0.2, 0.25) is 0 Å². The summed E-state index contributed by atoms with van der Waals surface area (Å²) in [7, 11) is -1.47. The van der Waals surface area contributed by atoms with Gasteiger partial charge in [-0.2, -0.15) is 17.8 Å². The smallest absolute Gasteiger partial charge is 0.279 e. The first-order valence-electron chi connectivity index (χ1n) is 7.35. The van der Waals surface area contributed by atoms with Crippen LogP contribution in [0, 0.1) is 5.92 Å². The summed E-state index contributed by atoms with van der Waals surface area (Å²) in [5.41, 5.74) is 0. The summed E-state index contributed by atoms with van der Waals surface area (Å²) in [4.78, 5) is 4.01. The molecule has 1 atom stereocenters. The van der Waals surface area contributed by atoms with Gasteiger partial charge >= 0.3 is 0 Å². The zero-order valence-corrected chi connectivity index (χ0v) is 13.2. The summed E-state index contributed by atoms with van der Waals surface area (Å²) < 4.78 is 28.7. The molecule has 2 heterocycles. The number of aromatic amines is 1. The van der Waals surface area contributed by atoms with Crippen molar-refractivity contribution in [2.45, 2.75) is 25.7 Å². The molecule has 0 saturated carbocycles. The summed E-state index contributed by atoms with van der Waals surface area (Å²) in [5, 5.41) is 9.64. The Morgan fingerprint density at radius 1 is 1.52 bits per heavy atom. The van der Waals surface area contributed by atoms with Crippen LogP contribution in [-0.2, 0) is 16.6 Å². The van der Waals surface area contributed by atoms with E-state index in [1.807, 2.05) is 7.05 Å². The van der Waals surface area contributed by atoms with Crippen molar-refractivity contribution < 1.29 is 8.42 Å². The third-order valence-corrected chi connectivity index (χ3v) is 5.23. The number of nitrogens with one attached hydrogen (secondary N) is 3. The second-order valence-corrected chi connectivity index (χ2v) is 7.11. The summed E-state index contributed by atoms with van der Waals surface area (Å²) in [6.45, 7) is 2.48. The first-order valence-corrected chi connectivity index (χ1v) is 8.79. The Labute approximate surface area is 125 Å². The minimum Gasteiger partial charge on any atom is -0.319 e. The van der Waals surface area contributed by atoms with Gasteiger partial charge in [0.15, 0.2) is 0 Å². The van der Waals surface area contributed by atoms with Crippen LogP contribution in [0.5, 0.6) is 0 Å². The lowest BCUT2D eigenvalue weighted by Crippen LogP contribution is -2.47. The molecule has 3 N–H and O–H groups in total. The molecule has 120 valence electrons. The van der Waals surface area contributed by atoms with E-state index in [-0.39, 0.29) is 0 Å². The zero-order valence-electron chi connectivity index (χ0n) is 12.4. The maximum atomic E-state index is 12.3. The van der Waals surface area contributed by atoms with E-state index in [9.17, 15) is 8.42 Å². The number of aromatic nitrogens is 3. The van der Waals surface area contributed by atoms with Gasteiger partial charge in [0.25, 0.3) is 10.2 Å². The van der Waals surface area contributed by atoms with Crippen LogP contribution in [0.15, 0.2) is 6.33 Å². The fraction of sp³-hybridized carbons (Fsp3) is 0.833. The van der Waals surface area contributed by atoms with Crippen LogP contribution in [0.25, 0.3) is 0 Å². The minimum absolute atomic E-state index is 0.398. The monoisotopic (exact) mass is 316 g/mol. The maximum absolute atomic E-state index is 12.3. The van der Waals surface area contributed by atoms with Crippen LogP contribution < -0.4 is 10.0 Å². The first-order chi connectivity index (χ1) is 10.1. The van der Waals surface area contributed by atoms with Crippen LogP contribution in [0.1, 0.15) is 25.1 Å². The average Bonchev–Trinajstić information content (AvgIpc) is 2.98. The molecular formula is C12H24N6O2S. The van der Waals surface area contributed by atoms with Gasteiger partial charge in [-0.25, -0.2) is 9.71 Å². The number of rotatable bonds is 8. The SMILES string of the molecule is CNCC1CCCN(S(=O)(=O)NCCCc2ncn[nH]2)C1. The first kappa shape index (κ1) is 16.3. The fourth-order valence-electron chi connectivity index (χ4n) is 2.60. The van der Waals surface area contributed by atoms with Gasteiger partial charge in [-0.15, -0.1) is 0 Å². The van der Waals surface area contributed by atoms with Gasteiger partial charge in [0.1, 0.15) is 12.2 Å². The van der Waals surface area contributed by atoms with Crippen LogP contribution in [0.4, 0.5) is 0 Å². The molecule has 0 radical (unpaired) electrons. The average molecular weight is 316 g/mol. The number of piperidine rings is 1. The Bertz CT molecular complexity index is 502. The molecule has 9 heteroatoms. The number of hydrogen-bond donors (Lipinski definition) is 3. The lowest BCUT2D eigenvalue weighted by molar-refractivity contribution is 0.261. The van der Waals surface area contributed by atoms with E-state index in [0.29, 0.717) is 38.4 Å². The predicted molar refractivity (Wildman–Crippen MR) is 79.8 cm³/mol. The van der Waals surface area contributed by atoms with Crippen molar-refractivity contribution >= 4 is 10.2 Å². The highest BCUT2D eigenvalue weighted by Gasteiger charge is 2.27. The Balaban J connectivity index is 1.75. The number of H-pyrrole nitrogens is 1. The van der Waals surface area contributed by atoms with E-state index in [2.05, 4.69) is 25.2 Å². The quantitative estimate of drug-likeness (QED) is 0.561.